The van der Waals surface area contributed by atoms with Crippen LogP contribution in [0, 0.1) is 17.8 Å². The Bertz CT molecular complexity index is 1170. The van der Waals surface area contributed by atoms with Gasteiger partial charge in [0, 0.05) is 29.9 Å². The average Bonchev–Trinajstić information content (AvgIpc) is 3.51. The second kappa shape index (κ2) is 13.5. The van der Waals surface area contributed by atoms with E-state index in [1.807, 2.05) is 13.0 Å². The number of alkyl halides is 2. The number of hydrogen-bond donors (Lipinski definition) is 4. The lowest BCUT2D eigenvalue weighted by Crippen LogP contribution is -2.43. The summed E-state index contributed by atoms with van der Waals surface area (Å²) in [6, 6.07) is 5.79. The summed E-state index contributed by atoms with van der Waals surface area (Å²) in [5, 5.41) is 8.75. The third-order valence-electron chi connectivity index (χ3n) is 7.50. The highest BCUT2D eigenvalue weighted by atomic mass is 19.3. The first-order valence-corrected chi connectivity index (χ1v) is 13.1. The third-order valence-corrected chi connectivity index (χ3v) is 7.50. The molecule has 2 saturated carbocycles. The molecular formula is C28H38F2N6O3. The number of carbonyl (C=O) groups is 2. The highest BCUT2D eigenvalue weighted by molar-refractivity contribution is 6.01. The van der Waals surface area contributed by atoms with Crippen molar-refractivity contribution >= 4 is 23.8 Å². The number of anilines is 2. The van der Waals surface area contributed by atoms with Crippen LogP contribution >= 0.6 is 0 Å². The minimum absolute atomic E-state index is 0.112. The summed E-state index contributed by atoms with van der Waals surface area (Å²) in [6.07, 6.45) is 8.16. The van der Waals surface area contributed by atoms with Crippen LogP contribution in [-0.4, -0.2) is 42.0 Å². The molecule has 11 heteroatoms. The number of nitrogens with one attached hydrogen (secondary N) is 3. The van der Waals surface area contributed by atoms with Gasteiger partial charge in [-0.15, -0.1) is 0 Å². The van der Waals surface area contributed by atoms with Crippen molar-refractivity contribution in [2.75, 3.05) is 24.3 Å². The molecule has 2 amide bonds. The number of nitrogens with two attached hydrogens (primary N) is 1. The highest BCUT2D eigenvalue weighted by Gasteiger charge is 2.46. The van der Waals surface area contributed by atoms with Crippen molar-refractivity contribution < 1.29 is 23.1 Å². The molecule has 2 bridgehead atoms. The second-order valence-corrected chi connectivity index (χ2v) is 10.0. The van der Waals surface area contributed by atoms with Crippen molar-refractivity contribution in [2.45, 2.75) is 58.4 Å². The van der Waals surface area contributed by atoms with Crippen molar-refractivity contribution in [1.82, 2.24) is 15.3 Å². The topological polar surface area (TPSA) is 131 Å². The summed E-state index contributed by atoms with van der Waals surface area (Å²) in [6.45, 7) is 5.49. The van der Waals surface area contributed by atoms with E-state index in [1.165, 1.54) is 50.9 Å². The predicted molar refractivity (Wildman–Crippen MR) is 147 cm³/mol. The standard InChI is InChI=1S/C19H29N5O2.C9H9F2NO/c1-4-14(7-8-20)23-17-15(19(26-3)22-10-21-17)18(25)24-16-11(2)12-5-6-13(16)9-12;1-9(10,11)7-3-2-4-8(5-7)12-6-13/h4,10-13,16H,5-9,20H2,1-3H3,(H,24,25)(H,21,22,23);2-6H,1H3,(H,12,13)/b14-4+;. The van der Waals surface area contributed by atoms with Gasteiger partial charge >= 0.3 is 0 Å². The van der Waals surface area contributed by atoms with Gasteiger partial charge in [0.15, 0.2) is 0 Å². The van der Waals surface area contributed by atoms with Crippen molar-refractivity contribution in [3.63, 3.8) is 0 Å². The molecule has 4 atom stereocenters. The lowest BCUT2D eigenvalue weighted by Gasteiger charge is -2.29. The summed E-state index contributed by atoms with van der Waals surface area (Å²) in [7, 11) is 1.51. The van der Waals surface area contributed by atoms with E-state index in [0.29, 0.717) is 48.3 Å². The van der Waals surface area contributed by atoms with Crippen LogP contribution in [0.15, 0.2) is 42.4 Å². The quantitative estimate of drug-likeness (QED) is 0.319. The monoisotopic (exact) mass is 544 g/mol. The number of carbonyl (C=O) groups excluding carboxylic acids is 2. The number of methoxy groups -OCH3 is 1. The van der Waals surface area contributed by atoms with Gasteiger partial charge in [0.2, 0.25) is 12.3 Å². The first-order chi connectivity index (χ1) is 18.6. The fraction of sp³-hybridized carbons (Fsp3) is 0.500. The molecule has 2 aliphatic rings. The number of benzene rings is 1. The molecule has 0 aliphatic heterocycles. The van der Waals surface area contributed by atoms with Gasteiger partial charge in [0.05, 0.1) is 7.11 Å². The summed E-state index contributed by atoms with van der Waals surface area (Å²) in [4.78, 5) is 31.5. The SMILES string of the molecule is C/C=C(\CCN)Nc1ncnc(OC)c1C(=O)NC1C2CCC(C2)C1C.CC(F)(F)c1cccc(NC=O)c1. The first-order valence-electron chi connectivity index (χ1n) is 13.1. The maximum absolute atomic E-state index is 13.1. The van der Waals surface area contributed by atoms with Gasteiger partial charge in [0.25, 0.3) is 11.8 Å². The third kappa shape index (κ3) is 7.50. The molecule has 4 unspecified atom stereocenters. The Morgan fingerprint density at radius 3 is 2.59 bits per heavy atom. The fourth-order valence-electron chi connectivity index (χ4n) is 5.41. The molecule has 5 N–H and O–H groups in total. The van der Waals surface area contributed by atoms with Crippen LogP contribution in [0.4, 0.5) is 20.3 Å². The number of ether oxygens (including phenoxy) is 1. The average molecular weight is 545 g/mol. The number of nitrogens with zero attached hydrogens (tertiary/aromatic N) is 2. The van der Waals surface area contributed by atoms with Crippen LogP contribution < -0.4 is 26.4 Å². The van der Waals surface area contributed by atoms with Gasteiger partial charge in [-0.1, -0.05) is 25.1 Å². The molecule has 4 rings (SSSR count). The smallest absolute Gasteiger partial charge is 0.270 e. The number of aromatic nitrogens is 2. The minimum atomic E-state index is -2.87. The van der Waals surface area contributed by atoms with Crippen LogP contribution in [-0.2, 0) is 10.7 Å². The van der Waals surface area contributed by atoms with Crippen LogP contribution in [0.5, 0.6) is 5.88 Å². The van der Waals surface area contributed by atoms with E-state index in [0.717, 1.165) is 18.5 Å². The molecule has 0 radical (unpaired) electrons. The van der Waals surface area contributed by atoms with Crippen molar-refractivity contribution in [3.05, 3.63) is 53.5 Å². The van der Waals surface area contributed by atoms with Gasteiger partial charge in [-0.3, -0.25) is 9.59 Å². The number of rotatable bonds is 10. The maximum atomic E-state index is 13.1. The predicted octanol–water partition coefficient (Wildman–Crippen LogP) is 4.68. The number of allylic oxidation sites excluding steroid dienone is 1. The van der Waals surface area contributed by atoms with Crippen LogP contribution in [0.25, 0.3) is 0 Å². The number of amides is 2. The largest absolute Gasteiger partial charge is 0.480 e. The molecule has 1 heterocycles. The van der Waals surface area contributed by atoms with E-state index in [9.17, 15) is 18.4 Å². The zero-order chi connectivity index (χ0) is 28.6. The lowest BCUT2D eigenvalue weighted by atomic mass is 9.86. The fourth-order valence-corrected chi connectivity index (χ4v) is 5.41. The maximum Gasteiger partial charge on any atom is 0.270 e. The number of halogens is 2. The molecule has 39 heavy (non-hydrogen) atoms. The highest BCUT2D eigenvalue weighted by Crippen LogP contribution is 2.48. The Balaban J connectivity index is 0.000000272. The van der Waals surface area contributed by atoms with Gasteiger partial charge in [-0.25, -0.2) is 18.7 Å². The summed E-state index contributed by atoms with van der Waals surface area (Å²) in [5.74, 6) is -0.512. The molecular weight excluding hydrogens is 506 g/mol. The van der Waals surface area contributed by atoms with Crippen LogP contribution in [0.3, 0.4) is 0 Å². The Labute approximate surface area is 228 Å². The molecule has 1 aromatic heterocycles. The molecule has 212 valence electrons. The Morgan fingerprint density at radius 2 is 2.00 bits per heavy atom. The van der Waals surface area contributed by atoms with Crippen molar-refractivity contribution in [2.24, 2.45) is 23.5 Å². The van der Waals surface area contributed by atoms with Gasteiger partial charge in [-0.05, 0) is 69.0 Å². The zero-order valence-electron chi connectivity index (χ0n) is 22.8. The van der Waals surface area contributed by atoms with Gasteiger partial charge < -0.3 is 26.4 Å². The van der Waals surface area contributed by atoms with E-state index in [2.05, 4.69) is 32.8 Å². The van der Waals surface area contributed by atoms with Crippen LogP contribution in [0.2, 0.25) is 0 Å². The van der Waals surface area contributed by atoms with Crippen molar-refractivity contribution in [1.29, 1.82) is 0 Å². The van der Waals surface area contributed by atoms with E-state index in [-0.39, 0.29) is 23.4 Å². The molecule has 2 fully saturated rings. The van der Waals surface area contributed by atoms with Gasteiger partial charge in [0.1, 0.15) is 17.7 Å². The summed E-state index contributed by atoms with van der Waals surface area (Å²) >= 11 is 0. The molecule has 0 saturated heterocycles. The van der Waals surface area contributed by atoms with Crippen LogP contribution in [0.1, 0.15) is 62.4 Å². The molecule has 2 aliphatic carbocycles. The zero-order valence-corrected chi connectivity index (χ0v) is 22.8. The summed E-state index contributed by atoms with van der Waals surface area (Å²) in [5.41, 5.74) is 7.17. The lowest BCUT2D eigenvalue weighted by molar-refractivity contribution is -0.105. The Morgan fingerprint density at radius 1 is 1.26 bits per heavy atom. The molecule has 1 aromatic carbocycles. The molecule has 0 spiro atoms. The molecule has 2 aromatic rings. The van der Waals surface area contributed by atoms with Crippen molar-refractivity contribution in [3.8, 4) is 5.88 Å². The number of hydrogen-bond acceptors (Lipinski definition) is 7. The van der Waals surface area contributed by atoms with Gasteiger partial charge in [-0.2, -0.15) is 0 Å². The number of fused-ring (bicyclic) bond motifs is 2. The normalized spacial score (nSPS) is 22.0. The second-order valence-electron chi connectivity index (χ2n) is 10.0. The Kier molecular flexibility index (Phi) is 10.3. The van der Waals surface area contributed by atoms with E-state index in [1.54, 1.807) is 6.07 Å². The Hall–Kier alpha value is -3.60. The first kappa shape index (κ1) is 29.9. The van der Waals surface area contributed by atoms with E-state index < -0.39 is 5.92 Å². The minimum Gasteiger partial charge on any atom is -0.480 e. The molecule has 9 nitrogen and oxygen atoms in total. The summed E-state index contributed by atoms with van der Waals surface area (Å²) < 4.78 is 30.9. The van der Waals surface area contributed by atoms with E-state index >= 15 is 0 Å². The van der Waals surface area contributed by atoms with E-state index in [4.69, 9.17) is 10.5 Å².